The van der Waals surface area contributed by atoms with Crippen molar-refractivity contribution >= 4 is 21.6 Å². The third kappa shape index (κ3) is 3.09. The highest BCUT2D eigenvalue weighted by Crippen LogP contribution is 2.37. The molecule has 98 valence electrons. The predicted octanol–water partition coefficient (Wildman–Crippen LogP) is 4.52. The summed E-state index contributed by atoms with van der Waals surface area (Å²) in [6.45, 7) is 4.74. The molecule has 2 aliphatic carbocycles. The van der Waals surface area contributed by atoms with E-state index in [0.717, 1.165) is 17.2 Å². The monoisotopic (exact) mass is 307 g/mol. The normalized spacial score (nSPS) is 19.0. The van der Waals surface area contributed by atoms with Crippen molar-refractivity contribution in [3.05, 3.63) is 29.3 Å². The number of anilines is 1. The first kappa shape index (κ1) is 12.5. The fourth-order valence-electron chi connectivity index (χ4n) is 2.63. The smallest absolute Gasteiger partial charge is 0.0407 e. The van der Waals surface area contributed by atoms with Gasteiger partial charge in [0, 0.05) is 24.1 Å². The molecule has 0 spiro atoms. The van der Waals surface area contributed by atoms with Gasteiger partial charge in [-0.3, -0.25) is 0 Å². The molecular weight excluding hydrogens is 286 g/mol. The Morgan fingerprint density at radius 1 is 1.11 bits per heavy atom. The third-order valence-corrected chi connectivity index (χ3v) is 4.67. The van der Waals surface area contributed by atoms with Gasteiger partial charge in [-0.1, -0.05) is 33.6 Å². The first-order chi connectivity index (χ1) is 8.76. The Hall–Kier alpha value is -0.500. The zero-order valence-corrected chi connectivity index (χ0v) is 12.7. The first-order valence-electron chi connectivity index (χ1n) is 7.16. The molecule has 0 saturated heterocycles. The fraction of sp³-hybridized carbons (Fsp3) is 0.625. The molecule has 2 saturated carbocycles. The largest absolute Gasteiger partial charge is 0.371 e. The highest BCUT2D eigenvalue weighted by Gasteiger charge is 2.29. The molecule has 0 aromatic heterocycles. The van der Waals surface area contributed by atoms with Crippen molar-refractivity contribution in [1.82, 2.24) is 0 Å². The number of hydrogen-bond donors (Lipinski definition) is 0. The highest BCUT2D eigenvalue weighted by atomic mass is 79.9. The summed E-state index contributed by atoms with van der Waals surface area (Å²) in [7, 11) is 0. The summed E-state index contributed by atoms with van der Waals surface area (Å²) in [5.74, 6) is 1.93. The molecule has 1 aromatic carbocycles. The van der Waals surface area contributed by atoms with Gasteiger partial charge in [-0.15, -0.1) is 0 Å². The number of rotatable bonds is 6. The van der Waals surface area contributed by atoms with Crippen molar-refractivity contribution in [3.8, 4) is 0 Å². The van der Waals surface area contributed by atoms with Gasteiger partial charge in [0.1, 0.15) is 0 Å². The summed E-state index contributed by atoms with van der Waals surface area (Å²) < 4.78 is 0. The maximum Gasteiger partial charge on any atom is 0.0407 e. The Bertz CT molecular complexity index is 407. The van der Waals surface area contributed by atoms with E-state index in [-0.39, 0.29) is 0 Å². The molecule has 0 unspecified atom stereocenters. The van der Waals surface area contributed by atoms with Gasteiger partial charge in [-0.25, -0.2) is 0 Å². The van der Waals surface area contributed by atoms with Crippen LogP contribution in [-0.4, -0.2) is 13.1 Å². The number of nitrogens with zero attached hydrogens (tertiary/aromatic N) is 1. The summed E-state index contributed by atoms with van der Waals surface area (Å²) in [4.78, 5) is 2.66. The van der Waals surface area contributed by atoms with Crippen LogP contribution < -0.4 is 4.90 Å². The van der Waals surface area contributed by atoms with E-state index in [4.69, 9.17) is 0 Å². The van der Waals surface area contributed by atoms with E-state index < -0.39 is 0 Å². The Morgan fingerprint density at radius 2 is 1.72 bits per heavy atom. The minimum absolute atomic E-state index is 0.966. The minimum atomic E-state index is 0.966. The zero-order valence-electron chi connectivity index (χ0n) is 11.2. The lowest BCUT2D eigenvalue weighted by Crippen LogP contribution is -2.28. The van der Waals surface area contributed by atoms with Crippen LogP contribution >= 0.6 is 15.9 Å². The van der Waals surface area contributed by atoms with Crippen LogP contribution in [0.3, 0.4) is 0 Å². The van der Waals surface area contributed by atoms with Gasteiger partial charge in [0.15, 0.2) is 0 Å². The third-order valence-electron chi connectivity index (χ3n) is 4.07. The minimum Gasteiger partial charge on any atom is -0.371 e. The number of hydrogen-bond acceptors (Lipinski definition) is 1. The Kier molecular flexibility index (Phi) is 3.65. The van der Waals surface area contributed by atoms with Crippen molar-refractivity contribution in [2.45, 2.75) is 37.9 Å². The van der Waals surface area contributed by atoms with Crippen LogP contribution in [0.25, 0.3) is 0 Å². The standard InChI is InChI=1S/C16H22BrN/c1-12-2-7-16(15(8-12)9-17)18(10-13-3-4-13)11-14-5-6-14/h2,7-8,13-14H,3-6,9-11H2,1H3. The summed E-state index contributed by atoms with van der Waals surface area (Å²) in [6, 6.07) is 6.92. The molecule has 0 radical (unpaired) electrons. The summed E-state index contributed by atoms with van der Waals surface area (Å²) in [5, 5.41) is 0.968. The lowest BCUT2D eigenvalue weighted by atomic mass is 10.1. The van der Waals surface area contributed by atoms with E-state index in [1.54, 1.807) is 0 Å². The Balaban J connectivity index is 1.81. The van der Waals surface area contributed by atoms with Gasteiger partial charge in [-0.2, -0.15) is 0 Å². The molecule has 0 amide bonds. The molecular formula is C16H22BrN. The second-order valence-electron chi connectivity index (χ2n) is 6.06. The average Bonchev–Trinajstić information content (AvgIpc) is 3.23. The van der Waals surface area contributed by atoms with E-state index in [0.29, 0.717) is 0 Å². The molecule has 0 N–H and O–H groups in total. The Labute approximate surface area is 119 Å². The molecule has 0 atom stereocenters. The van der Waals surface area contributed by atoms with Gasteiger partial charge < -0.3 is 4.90 Å². The lowest BCUT2D eigenvalue weighted by molar-refractivity contribution is 0.677. The van der Waals surface area contributed by atoms with Crippen molar-refractivity contribution in [2.75, 3.05) is 18.0 Å². The first-order valence-corrected chi connectivity index (χ1v) is 8.29. The molecule has 18 heavy (non-hydrogen) atoms. The second-order valence-corrected chi connectivity index (χ2v) is 6.62. The van der Waals surface area contributed by atoms with E-state index in [9.17, 15) is 0 Å². The van der Waals surface area contributed by atoms with Crippen molar-refractivity contribution in [1.29, 1.82) is 0 Å². The molecule has 2 fully saturated rings. The number of alkyl halides is 1. The van der Waals surface area contributed by atoms with Crippen LogP contribution in [0.2, 0.25) is 0 Å². The lowest BCUT2D eigenvalue weighted by Gasteiger charge is -2.27. The van der Waals surface area contributed by atoms with Crippen LogP contribution in [0, 0.1) is 18.8 Å². The van der Waals surface area contributed by atoms with Gasteiger partial charge >= 0.3 is 0 Å². The number of aryl methyl sites for hydroxylation is 1. The number of benzene rings is 1. The van der Waals surface area contributed by atoms with Crippen LogP contribution in [-0.2, 0) is 5.33 Å². The SMILES string of the molecule is Cc1ccc(N(CC2CC2)CC2CC2)c(CBr)c1. The summed E-state index contributed by atoms with van der Waals surface area (Å²) in [5.41, 5.74) is 4.29. The maximum absolute atomic E-state index is 3.65. The summed E-state index contributed by atoms with van der Waals surface area (Å²) in [6.07, 6.45) is 5.76. The summed E-state index contributed by atoms with van der Waals surface area (Å²) >= 11 is 3.65. The maximum atomic E-state index is 3.65. The van der Waals surface area contributed by atoms with Crippen molar-refractivity contribution in [2.24, 2.45) is 11.8 Å². The topological polar surface area (TPSA) is 3.24 Å². The highest BCUT2D eigenvalue weighted by molar-refractivity contribution is 9.08. The molecule has 2 aliphatic rings. The van der Waals surface area contributed by atoms with Crippen LogP contribution in [0.15, 0.2) is 18.2 Å². The molecule has 0 heterocycles. The van der Waals surface area contributed by atoms with Gasteiger partial charge in [0.25, 0.3) is 0 Å². The van der Waals surface area contributed by atoms with E-state index in [1.165, 1.54) is 55.6 Å². The van der Waals surface area contributed by atoms with E-state index in [1.807, 2.05) is 0 Å². The molecule has 1 aromatic rings. The van der Waals surface area contributed by atoms with Gasteiger partial charge in [0.05, 0.1) is 0 Å². The molecule has 2 heteroatoms. The van der Waals surface area contributed by atoms with E-state index in [2.05, 4.69) is 46.0 Å². The zero-order chi connectivity index (χ0) is 12.5. The van der Waals surface area contributed by atoms with Crippen molar-refractivity contribution < 1.29 is 0 Å². The van der Waals surface area contributed by atoms with Crippen LogP contribution in [0.4, 0.5) is 5.69 Å². The molecule has 1 nitrogen and oxygen atoms in total. The van der Waals surface area contributed by atoms with Crippen molar-refractivity contribution in [3.63, 3.8) is 0 Å². The molecule has 0 bridgehead atoms. The van der Waals surface area contributed by atoms with Crippen LogP contribution in [0.1, 0.15) is 36.8 Å². The van der Waals surface area contributed by atoms with Crippen LogP contribution in [0.5, 0.6) is 0 Å². The number of halogens is 1. The molecule has 0 aliphatic heterocycles. The second kappa shape index (κ2) is 5.24. The van der Waals surface area contributed by atoms with E-state index >= 15 is 0 Å². The quantitative estimate of drug-likeness (QED) is 0.699. The Morgan fingerprint density at radius 3 is 2.22 bits per heavy atom. The molecule has 3 rings (SSSR count). The van der Waals surface area contributed by atoms with Gasteiger partial charge in [0.2, 0.25) is 0 Å². The fourth-order valence-corrected chi connectivity index (χ4v) is 3.07. The predicted molar refractivity (Wildman–Crippen MR) is 81.5 cm³/mol. The average molecular weight is 308 g/mol. The van der Waals surface area contributed by atoms with Gasteiger partial charge in [-0.05, 0) is 56.1 Å².